The molecule has 0 aromatic carbocycles. The molecule has 18 heavy (non-hydrogen) atoms. The third-order valence-electron chi connectivity index (χ3n) is 3.72. The van der Waals surface area contributed by atoms with Crippen molar-refractivity contribution in [1.82, 2.24) is 4.90 Å². The van der Waals surface area contributed by atoms with E-state index >= 15 is 0 Å². The van der Waals surface area contributed by atoms with E-state index in [1.807, 2.05) is 19.9 Å². The summed E-state index contributed by atoms with van der Waals surface area (Å²) in [5, 5.41) is 9.21. The van der Waals surface area contributed by atoms with Crippen LogP contribution < -0.4 is 0 Å². The quantitative estimate of drug-likeness (QED) is 0.709. The van der Waals surface area contributed by atoms with Crippen LogP contribution in [0.5, 0.6) is 0 Å². The summed E-state index contributed by atoms with van der Waals surface area (Å²) in [5.74, 6) is 0. The van der Waals surface area contributed by atoms with E-state index in [-0.39, 0.29) is 23.0 Å². The second-order valence-electron chi connectivity index (χ2n) is 5.88. The summed E-state index contributed by atoms with van der Waals surface area (Å²) < 4.78 is 26.1. The molecule has 0 N–H and O–H groups in total. The van der Waals surface area contributed by atoms with Crippen LogP contribution in [0.2, 0.25) is 0 Å². The van der Waals surface area contributed by atoms with Crippen molar-refractivity contribution in [1.29, 1.82) is 5.26 Å². The number of halogens is 2. The van der Waals surface area contributed by atoms with Gasteiger partial charge in [0.1, 0.15) is 6.07 Å². The van der Waals surface area contributed by atoms with E-state index in [9.17, 15) is 14.0 Å². The van der Waals surface area contributed by atoms with Crippen molar-refractivity contribution in [3.05, 3.63) is 22.9 Å². The van der Waals surface area contributed by atoms with Gasteiger partial charge in [0.2, 0.25) is 0 Å². The van der Waals surface area contributed by atoms with Crippen molar-refractivity contribution in [2.75, 3.05) is 13.1 Å². The van der Waals surface area contributed by atoms with Crippen LogP contribution in [0.3, 0.4) is 0 Å². The second-order valence-corrected chi connectivity index (χ2v) is 5.88. The first-order valence-electron chi connectivity index (χ1n) is 6.37. The predicted octanol–water partition coefficient (Wildman–Crippen LogP) is 3.83. The van der Waals surface area contributed by atoms with Gasteiger partial charge in [0.15, 0.2) is 0 Å². The van der Waals surface area contributed by atoms with Gasteiger partial charge >= 0.3 is 0 Å². The highest BCUT2D eigenvalue weighted by Gasteiger charge is 2.35. The monoisotopic (exact) mass is 252 g/mol. The molecule has 2 nitrogen and oxygen atoms in total. The number of allylic oxidation sites excluding steroid dienone is 3. The second kappa shape index (κ2) is 4.72. The molecule has 2 rings (SSSR count). The van der Waals surface area contributed by atoms with Gasteiger partial charge in [-0.3, -0.25) is 0 Å². The predicted molar refractivity (Wildman–Crippen MR) is 65.7 cm³/mol. The Morgan fingerprint density at radius 2 is 1.83 bits per heavy atom. The molecule has 98 valence electrons. The van der Waals surface area contributed by atoms with Gasteiger partial charge in [0.05, 0.1) is 5.57 Å². The highest BCUT2D eigenvalue weighted by atomic mass is 19.3. The average Bonchev–Trinajstić information content (AvgIpc) is 2.80. The molecule has 0 radical (unpaired) electrons. The van der Waals surface area contributed by atoms with Crippen LogP contribution in [0, 0.1) is 16.7 Å². The molecule has 0 bridgehead atoms. The first kappa shape index (κ1) is 13.1. The minimum Gasteiger partial charge on any atom is -0.374 e. The molecule has 1 heterocycles. The van der Waals surface area contributed by atoms with Gasteiger partial charge in [-0.1, -0.05) is 13.8 Å². The van der Waals surface area contributed by atoms with Crippen molar-refractivity contribution in [3.63, 3.8) is 0 Å². The zero-order chi connectivity index (χ0) is 13.3. The molecule has 1 saturated heterocycles. The summed E-state index contributed by atoms with van der Waals surface area (Å²) in [6.07, 6.45) is 1.47. The molecule has 4 heteroatoms. The van der Waals surface area contributed by atoms with Gasteiger partial charge in [-0.25, -0.2) is 0 Å². The van der Waals surface area contributed by atoms with E-state index in [0.29, 0.717) is 6.42 Å². The van der Waals surface area contributed by atoms with Crippen molar-refractivity contribution in [3.8, 4) is 6.07 Å². The minimum absolute atomic E-state index is 0.0457. The topological polar surface area (TPSA) is 27.0 Å². The maximum absolute atomic E-state index is 13.0. The van der Waals surface area contributed by atoms with Crippen LogP contribution in [0.25, 0.3) is 0 Å². The summed E-state index contributed by atoms with van der Waals surface area (Å²) in [7, 11) is 0. The largest absolute Gasteiger partial charge is 0.374 e. The zero-order valence-corrected chi connectivity index (χ0v) is 10.9. The van der Waals surface area contributed by atoms with Gasteiger partial charge in [-0.2, -0.15) is 14.0 Å². The van der Waals surface area contributed by atoms with E-state index in [1.54, 1.807) is 0 Å². The van der Waals surface area contributed by atoms with Gasteiger partial charge in [0.25, 0.3) is 6.08 Å². The Hall–Kier alpha value is -1.37. The molecule has 2 aliphatic rings. The smallest absolute Gasteiger partial charge is 0.274 e. The molecule has 0 aromatic rings. The number of hydrogen-bond acceptors (Lipinski definition) is 2. The summed E-state index contributed by atoms with van der Waals surface area (Å²) >= 11 is 0. The molecule has 0 aromatic heterocycles. The van der Waals surface area contributed by atoms with E-state index in [2.05, 4.69) is 4.90 Å². The fourth-order valence-corrected chi connectivity index (χ4v) is 2.90. The van der Waals surface area contributed by atoms with Crippen molar-refractivity contribution < 1.29 is 8.78 Å². The Balaban J connectivity index is 2.49. The fourth-order valence-electron chi connectivity index (χ4n) is 2.90. The molecule has 0 unspecified atom stereocenters. The van der Waals surface area contributed by atoms with Gasteiger partial charge in [0, 0.05) is 24.4 Å². The maximum atomic E-state index is 13.0. The lowest BCUT2D eigenvalue weighted by Gasteiger charge is -2.36. The number of likely N-dealkylation sites (tertiary alicyclic amines) is 1. The van der Waals surface area contributed by atoms with Crippen molar-refractivity contribution in [2.45, 2.75) is 39.5 Å². The molecule has 0 spiro atoms. The summed E-state index contributed by atoms with van der Waals surface area (Å²) in [4.78, 5) is 2.11. The molecule has 1 aliphatic carbocycles. The fraction of sp³-hybridized carbons (Fsp3) is 0.643. The number of rotatable bonds is 1. The van der Waals surface area contributed by atoms with Crippen LogP contribution in [0.4, 0.5) is 8.78 Å². The molecular formula is C14H18F2N2. The first-order chi connectivity index (χ1) is 8.44. The Morgan fingerprint density at radius 3 is 2.33 bits per heavy atom. The number of nitrogens with zero attached hydrogens (tertiary/aromatic N) is 2. The van der Waals surface area contributed by atoms with Crippen LogP contribution in [0.1, 0.15) is 39.5 Å². The van der Waals surface area contributed by atoms with Crippen molar-refractivity contribution >= 4 is 0 Å². The van der Waals surface area contributed by atoms with Crippen LogP contribution in [-0.2, 0) is 0 Å². The number of hydrogen-bond donors (Lipinski definition) is 0. The van der Waals surface area contributed by atoms with E-state index in [0.717, 1.165) is 31.6 Å². The Kier molecular flexibility index (Phi) is 3.43. The first-order valence-corrected chi connectivity index (χ1v) is 6.37. The summed E-state index contributed by atoms with van der Waals surface area (Å²) in [6, 6.07) is 2.00. The minimum atomic E-state index is -1.70. The lowest BCUT2D eigenvalue weighted by molar-refractivity contribution is 0.277. The number of nitriles is 1. The molecule has 0 amide bonds. The maximum Gasteiger partial charge on any atom is 0.274 e. The SMILES string of the molecule is CC1(C)CC(=C(F)F)C(C#N)=C(N2CCCC2)C1. The Labute approximate surface area is 107 Å². The van der Waals surface area contributed by atoms with Crippen LogP contribution in [-0.4, -0.2) is 18.0 Å². The third kappa shape index (κ3) is 2.40. The molecule has 1 fully saturated rings. The van der Waals surface area contributed by atoms with E-state index < -0.39 is 6.08 Å². The highest BCUT2D eigenvalue weighted by molar-refractivity contribution is 5.48. The van der Waals surface area contributed by atoms with Crippen LogP contribution >= 0.6 is 0 Å². The van der Waals surface area contributed by atoms with Gasteiger partial charge in [-0.05, 0) is 31.1 Å². The molecule has 0 saturated carbocycles. The highest BCUT2D eigenvalue weighted by Crippen LogP contribution is 2.44. The van der Waals surface area contributed by atoms with Gasteiger partial charge in [-0.15, -0.1) is 0 Å². The standard InChI is InChI=1S/C14H18F2N2/c1-14(2)7-10(13(15)16)11(9-17)12(8-14)18-5-3-4-6-18/h3-8H2,1-2H3. The molecular weight excluding hydrogens is 234 g/mol. The lowest BCUT2D eigenvalue weighted by Crippen LogP contribution is -2.29. The lowest BCUT2D eigenvalue weighted by atomic mass is 9.74. The zero-order valence-electron chi connectivity index (χ0n) is 10.9. The average molecular weight is 252 g/mol. The van der Waals surface area contributed by atoms with Crippen molar-refractivity contribution in [2.24, 2.45) is 5.41 Å². The summed E-state index contributed by atoms with van der Waals surface area (Å²) in [5.41, 5.74) is 0.803. The normalized spacial score (nSPS) is 23.3. The van der Waals surface area contributed by atoms with Gasteiger partial charge < -0.3 is 4.90 Å². The van der Waals surface area contributed by atoms with E-state index in [1.165, 1.54) is 0 Å². The Bertz CT molecular complexity index is 445. The molecule has 0 atom stereocenters. The Morgan fingerprint density at radius 1 is 1.22 bits per heavy atom. The van der Waals surface area contributed by atoms with Crippen LogP contribution in [0.15, 0.2) is 22.9 Å². The summed E-state index contributed by atoms with van der Waals surface area (Å²) in [6.45, 7) is 5.75. The molecule has 1 aliphatic heterocycles. The van der Waals surface area contributed by atoms with E-state index in [4.69, 9.17) is 0 Å². The third-order valence-corrected chi connectivity index (χ3v) is 3.72.